The molecule has 1 fully saturated rings. The van der Waals surface area contributed by atoms with E-state index >= 15 is 0 Å². The van der Waals surface area contributed by atoms with Crippen LogP contribution in [-0.2, 0) is 21.9 Å². The number of halogens is 2. The summed E-state index contributed by atoms with van der Waals surface area (Å²) in [7, 11) is -1.70. The Labute approximate surface area is 213 Å². The van der Waals surface area contributed by atoms with Crippen molar-refractivity contribution in [1.82, 2.24) is 15.6 Å². The number of benzene rings is 1. The summed E-state index contributed by atoms with van der Waals surface area (Å²) in [6.45, 7) is 0.342. The fourth-order valence-corrected chi connectivity index (χ4v) is 4.88. The molecule has 0 atom stereocenters. The Morgan fingerprint density at radius 1 is 1.00 bits per heavy atom. The Bertz CT molecular complexity index is 1020. The number of pyridine rings is 1. The van der Waals surface area contributed by atoms with E-state index in [4.69, 9.17) is 0 Å². The van der Waals surface area contributed by atoms with Crippen LogP contribution in [0.25, 0.3) is 0 Å². The van der Waals surface area contributed by atoms with Crippen molar-refractivity contribution in [2.24, 2.45) is 18.9 Å². The van der Waals surface area contributed by atoms with Gasteiger partial charge in [0.1, 0.15) is 7.05 Å². The smallest absolute Gasteiger partial charge is 0.270 e. The molecule has 0 aliphatic heterocycles. The predicted octanol–water partition coefficient (Wildman–Crippen LogP) is -1.18. The number of hydrogen-bond donors (Lipinski definition) is 3. The number of nitrogens with one attached hydrogen (secondary N) is 3. The van der Waals surface area contributed by atoms with Crippen LogP contribution >= 0.6 is 15.9 Å². The van der Waals surface area contributed by atoms with Crippen molar-refractivity contribution >= 4 is 37.8 Å². The molecule has 0 radical (unpaired) electrons. The lowest BCUT2D eigenvalue weighted by Gasteiger charge is -2.27. The zero-order valence-corrected chi connectivity index (χ0v) is 22.1. The molecular formula is C21H26BrIN4O4S. The highest BCUT2D eigenvalue weighted by Gasteiger charge is 2.27. The van der Waals surface area contributed by atoms with Gasteiger partial charge in [-0.25, -0.2) is 17.7 Å². The van der Waals surface area contributed by atoms with Crippen molar-refractivity contribution in [3.8, 4) is 0 Å². The molecule has 8 nitrogen and oxygen atoms in total. The summed E-state index contributed by atoms with van der Waals surface area (Å²) in [6, 6.07) is 9.82. The van der Waals surface area contributed by atoms with E-state index < -0.39 is 10.0 Å². The average Bonchev–Trinajstić information content (AvgIpc) is 2.77. The zero-order chi connectivity index (χ0) is 22.4. The molecule has 1 aromatic carbocycles. The van der Waals surface area contributed by atoms with Crippen LogP contribution in [0.2, 0.25) is 0 Å². The third-order valence-electron chi connectivity index (χ3n) is 5.44. The van der Waals surface area contributed by atoms with Crippen molar-refractivity contribution in [2.45, 2.75) is 30.6 Å². The lowest BCUT2D eigenvalue weighted by molar-refractivity contribution is -0.671. The van der Waals surface area contributed by atoms with Crippen LogP contribution in [0.3, 0.4) is 0 Å². The number of hydrogen-bond acceptors (Lipinski definition) is 4. The fraction of sp³-hybridized carbons (Fsp3) is 0.381. The monoisotopic (exact) mass is 636 g/mol. The van der Waals surface area contributed by atoms with E-state index in [1.807, 2.05) is 11.6 Å². The van der Waals surface area contributed by atoms with Gasteiger partial charge in [-0.05, 0) is 55.9 Å². The first kappa shape index (κ1) is 26.7. The second-order valence-corrected chi connectivity index (χ2v) is 10.4. The van der Waals surface area contributed by atoms with Crippen molar-refractivity contribution < 1.29 is 46.6 Å². The standard InChI is InChI=1S/C21H25BrN4O4S.HI/c1-26-12-10-17(11-13-26)21(28)25-24-20(27)16-4-2-15(3-5-16)14-23-31(29,30)19-8-6-18(22)7-9-19;/h6-13,15-16,23,28H,2-5,14H2,1H3;1H. The van der Waals surface area contributed by atoms with Crippen LogP contribution in [0.5, 0.6) is 0 Å². The maximum atomic E-state index is 12.4. The first-order valence-electron chi connectivity index (χ1n) is 10.1. The number of hydrazine groups is 1. The minimum absolute atomic E-state index is 0. The minimum atomic E-state index is -3.55. The van der Waals surface area contributed by atoms with E-state index in [0.717, 1.165) is 17.3 Å². The SMILES string of the molecule is C[n+]1ccc(C(=O)NNC(=O)C2CCC(CNS(=O)(=O)c3ccc(Br)cc3)CC2)cc1.[I-]. The number of carbonyl (C=O) groups excluding carboxylic acids is 2. The first-order valence-corrected chi connectivity index (χ1v) is 12.3. The molecule has 1 saturated carbocycles. The maximum Gasteiger partial charge on any atom is 0.270 e. The molecule has 0 saturated heterocycles. The number of sulfonamides is 1. The highest BCUT2D eigenvalue weighted by Crippen LogP contribution is 2.28. The minimum Gasteiger partial charge on any atom is -1.00 e. The highest BCUT2D eigenvalue weighted by atomic mass is 127. The van der Waals surface area contributed by atoms with Crippen molar-refractivity contribution in [2.75, 3.05) is 6.54 Å². The molecule has 1 aliphatic rings. The number of rotatable bonds is 6. The van der Waals surface area contributed by atoms with Gasteiger partial charge in [0.2, 0.25) is 15.9 Å². The summed E-state index contributed by atoms with van der Waals surface area (Å²) >= 11 is 3.29. The Kier molecular flexibility index (Phi) is 10.0. The van der Waals surface area contributed by atoms with E-state index in [-0.39, 0.29) is 52.5 Å². The van der Waals surface area contributed by atoms with Gasteiger partial charge in [0.15, 0.2) is 12.4 Å². The number of aryl methyl sites for hydroxylation is 1. The van der Waals surface area contributed by atoms with Crippen LogP contribution in [-0.4, -0.2) is 26.8 Å². The molecule has 3 N–H and O–H groups in total. The van der Waals surface area contributed by atoms with Gasteiger partial charge < -0.3 is 24.0 Å². The summed E-state index contributed by atoms with van der Waals surface area (Å²) < 4.78 is 30.1. The molecule has 174 valence electrons. The molecule has 2 amide bonds. The summed E-state index contributed by atoms with van der Waals surface area (Å²) in [5.41, 5.74) is 5.41. The van der Waals surface area contributed by atoms with Crippen molar-refractivity contribution in [1.29, 1.82) is 0 Å². The molecule has 32 heavy (non-hydrogen) atoms. The number of aromatic nitrogens is 1. The topological polar surface area (TPSA) is 108 Å². The molecule has 0 bridgehead atoms. The molecule has 0 unspecified atom stereocenters. The number of nitrogens with zero attached hydrogens (tertiary/aromatic N) is 1. The second kappa shape index (κ2) is 12.1. The molecular weight excluding hydrogens is 611 g/mol. The van der Waals surface area contributed by atoms with E-state index in [1.165, 1.54) is 0 Å². The van der Waals surface area contributed by atoms with Gasteiger partial charge in [0.05, 0.1) is 10.5 Å². The zero-order valence-electron chi connectivity index (χ0n) is 17.6. The first-order chi connectivity index (χ1) is 14.7. The van der Waals surface area contributed by atoms with E-state index in [2.05, 4.69) is 31.5 Å². The molecule has 3 rings (SSSR count). The third kappa shape index (κ3) is 7.49. The van der Waals surface area contributed by atoms with Gasteiger partial charge in [-0.2, -0.15) is 0 Å². The molecule has 1 aliphatic carbocycles. The van der Waals surface area contributed by atoms with Gasteiger partial charge in [0, 0.05) is 29.1 Å². The molecule has 2 aromatic rings. The summed E-state index contributed by atoms with van der Waals surface area (Å²) in [5, 5.41) is 0. The van der Waals surface area contributed by atoms with Gasteiger partial charge in [-0.3, -0.25) is 20.4 Å². The molecule has 11 heteroatoms. The van der Waals surface area contributed by atoms with Crippen LogP contribution in [0.4, 0.5) is 0 Å². The lowest BCUT2D eigenvalue weighted by Crippen LogP contribution is -3.00. The molecule has 1 aromatic heterocycles. The summed E-state index contributed by atoms with van der Waals surface area (Å²) in [4.78, 5) is 24.7. The second-order valence-electron chi connectivity index (χ2n) is 7.72. The third-order valence-corrected chi connectivity index (χ3v) is 7.41. The van der Waals surface area contributed by atoms with Crippen molar-refractivity contribution in [3.63, 3.8) is 0 Å². The summed E-state index contributed by atoms with van der Waals surface area (Å²) in [5.74, 6) is -0.615. The fourth-order valence-electron chi connectivity index (χ4n) is 3.50. The highest BCUT2D eigenvalue weighted by molar-refractivity contribution is 9.10. The van der Waals surface area contributed by atoms with Crippen molar-refractivity contribution in [3.05, 3.63) is 58.8 Å². The van der Waals surface area contributed by atoms with E-state index in [0.29, 0.717) is 24.9 Å². The number of carbonyl (C=O) groups is 2. The summed E-state index contributed by atoms with van der Waals surface area (Å²) in [6.07, 6.45) is 6.28. The van der Waals surface area contributed by atoms with Crippen LogP contribution in [0.1, 0.15) is 36.0 Å². The predicted molar refractivity (Wildman–Crippen MR) is 118 cm³/mol. The maximum absolute atomic E-state index is 12.4. The quantitative estimate of drug-likeness (QED) is 0.211. The van der Waals surface area contributed by atoms with Gasteiger partial charge in [-0.1, -0.05) is 15.9 Å². The Hall–Kier alpha value is -1.57. The number of amides is 2. The average molecular weight is 637 g/mol. The van der Waals surface area contributed by atoms with Gasteiger partial charge in [0.25, 0.3) is 5.91 Å². The van der Waals surface area contributed by atoms with Crippen LogP contribution < -0.4 is 44.1 Å². The Morgan fingerprint density at radius 2 is 1.59 bits per heavy atom. The van der Waals surface area contributed by atoms with E-state index in [1.54, 1.807) is 48.8 Å². The van der Waals surface area contributed by atoms with E-state index in [9.17, 15) is 18.0 Å². The Balaban J connectivity index is 0.00000363. The van der Waals surface area contributed by atoms with Gasteiger partial charge >= 0.3 is 0 Å². The largest absolute Gasteiger partial charge is 1.00 e. The molecule has 1 heterocycles. The molecule has 0 spiro atoms. The van der Waals surface area contributed by atoms with Crippen LogP contribution in [0, 0.1) is 11.8 Å². The lowest BCUT2D eigenvalue weighted by atomic mass is 9.82. The van der Waals surface area contributed by atoms with Crippen LogP contribution in [0.15, 0.2) is 58.2 Å². The van der Waals surface area contributed by atoms with Gasteiger partial charge in [-0.15, -0.1) is 0 Å². The normalized spacial score (nSPS) is 18.3. The Morgan fingerprint density at radius 3 is 2.19 bits per heavy atom.